The molecule has 0 unspecified atom stereocenters. The maximum atomic E-state index is 12.3. The molecule has 3 heterocycles. The number of benzene rings is 1. The molecule has 1 amide bonds. The highest BCUT2D eigenvalue weighted by atomic mass is 35.5. The number of amides is 1. The van der Waals surface area contributed by atoms with Gasteiger partial charge in [0.1, 0.15) is 0 Å². The second-order valence-electron chi connectivity index (χ2n) is 7.43. The first-order chi connectivity index (χ1) is 14.6. The molecule has 0 radical (unpaired) electrons. The summed E-state index contributed by atoms with van der Waals surface area (Å²) >= 11 is 6.42. The Hall–Kier alpha value is -3.39. The molecule has 1 aromatic carbocycles. The quantitative estimate of drug-likeness (QED) is 0.498. The van der Waals surface area contributed by atoms with E-state index in [0.29, 0.717) is 28.6 Å². The lowest BCUT2D eigenvalue weighted by atomic mass is 10.1. The van der Waals surface area contributed by atoms with Crippen LogP contribution in [0.1, 0.15) is 28.8 Å². The van der Waals surface area contributed by atoms with Gasteiger partial charge in [-0.2, -0.15) is 5.10 Å². The van der Waals surface area contributed by atoms with E-state index in [1.807, 2.05) is 36.1 Å². The summed E-state index contributed by atoms with van der Waals surface area (Å²) in [6.07, 6.45) is 11.2. The molecule has 1 saturated carbocycles. The zero-order valence-electron chi connectivity index (χ0n) is 16.3. The molecule has 2 N–H and O–H groups in total. The third kappa shape index (κ3) is 3.61. The largest absolute Gasteiger partial charge is 0.363 e. The highest BCUT2D eigenvalue weighted by Crippen LogP contribution is 2.28. The van der Waals surface area contributed by atoms with E-state index < -0.39 is 0 Å². The van der Waals surface area contributed by atoms with Gasteiger partial charge in [-0.15, -0.1) is 0 Å². The molecule has 3 aromatic heterocycles. The smallest absolute Gasteiger partial charge is 0.253 e. The molecule has 4 aromatic rings. The van der Waals surface area contributed by atoms with Crippen LogP contribution < -0.4 is 10.6 Å². The third-order valence-electron chi connectivity index (χ3n) is 5.07. The van der Waals surface area contributed by atoms with Crippen LogP contribution in [0.15, 0.2) is 49.2 Å². The first-order valence-corrected chi connectivity index (χ1v) is 10.1. The molecule has 0 bridgehead atoms. The van der Waals surface area contributed by atoms with Gasteiger partial charge in [0.25, 0.3) is 5.91 Å². The van der Waals surface area contributed by atoms with Gasteiger partial charge in [-0.05, 0) is 25.0 Å². The number of halogens is 1. The monoisotopic (exact) mass is 421 g/mol. The van der Waals surface area contributed by atoms with Gasteiger partial charge < -0.3 is 10.6 Å². The van der Waals surface area contributed by atoms with Gasteiger partial charge >= 0.3 is 0 Å². The first kappa shape index (κ1) is 18.6. The average molecular weight is 422 g/mol. The van der Waals surface area contributed by atoms with Gasteiger partial charge in [0, 0.05) is 49.4 Å². The molecule has 0 aliphatic heterocycles. The number of rotatable bonds is 6. The van der Waals surface area contributed by atoms with Crippen LogP contribution >= 0.6 is 11.6 Å². The van der Waals surface area contributed by atoms with Crippen LogP contribution in [0.3, 0.4) is 0 Å². The predicted octanol–water partition coefficient (Wildman–Crippen LogP) is 3.29. The van der Waals surface area contributed by atoms with Crippen molar-refractivity contribution in [3.8, 4) is 11.3 Å². The van der Waals surface area contributed by atoms with Crippen molar-refractivity contribution < 1.29 is 4.79 Å². The zero-order valence-corrected chi connectivity index (χ0v) is 17.1. The Morgan fingerprint density at radius 1 is 1.27 bits per heavy atom. The second kappa shape index (κ2) is 7.46. The van der Waals surface area contributed by atoms with E-state index in [1.54, 1.807) is 29.2 Å². The van der Waals surface area contributed by atoms with E-state index in [9.17, 15) is 4.79 Å². The lowest BCUT2D eigenvalue weighted by molar-refractivity contribution is 0.0951. The maximum absolute atomic E-state index is 12.3. The third-order valence-corrected chi connectivity index (χ3v) is 5.38. The fourth-order valence-electron chi connectivity index (χ4n) is 3.36. The van der Waals surface area contributed by atoms with E-state index in [2.05, 4.69) is 25.7 Å². The Morgan fingerprint density at radius 3 is 2.87 bits per heavy atom. The van der Waals surface area contributed by atoms with Crippen LogP contribution in [0.5, 0.6) is 0 Å². The lowest BCUT2D eigenvalue weighted by Gasteiger charge is -2.09. The molecule has 0 atom stereocenters. The minimum Gasteiger partial charge on any atom is -0.363 e. The second-order valence-corrected chi connectivity index (χ2v) is 7.84. The van der Waals surface area contributed by atoms with Gasteiger partial charge in [-0.1, -0.05) is 17.7 Å². The zero-order chi connectivity index (χ0) is 20.7. The maximum Gasteiger partial charge on any atom is 0.253 e. The van der Waals surface area contributed by atoms with Crippen molar-refractivity contribution in [3.05, 3.63) is 65.3 Å². The lowest BCUT2D eigenvalue weighted by Crippen LogP contribution is -2.25. The SMILES string of the molecule is Cn1cc(CNc2nccn3c(-c4ccc(C(=O)NC5CC5)c(Cl)c4)cnc23)cn1. The van der Waals surface area contributed by atoms with Gasteiger partial charge in [0.2, 0.25) is 0 Å². The number of aryl methyl sites for hydroxylation is 1. The van der Waals surface area contributed by atoms with Crippen molar-refractivity contribution in [2.75, 3.05) is 5.32 Å². The summed E-state index contributed by atoms with van der Waals surface area (Å²) in [6, 6.07) is 5.74. The Kier molecular flexibility index (Phi) is 4.63. The average Bonchev–Trinajstić information content (AvgIpc) is 3.28. The van der Waals surface area contributed by atoms with Crippen molar-refractivity contribution in [2.45, 2.75) is 25.4 Å². The van der Waals surface area contributed by atoms with Crippen molar-refractivity contribution in [2.24, 2.45) is 7.05 Å². The molecular formula is C21H20ClN7O. The minimum atomic E-state index is -0.127. The standard InChI is InChI=1S/C21H20ClN7O/c1-28-12-13(10-26-28)9-24-19-20-25-11-18(29(20)7-6-23-19)14-2-5-16(17(22)8-14)21(30)27-15-3-4-15/h2,5-8,10-12,15H,3-4,9H2,1H3,(H,23,24)(H,27,30). The molecule has 1 aliphatic carbocycles. The highest BCUT2D eigenvalue weighted by molar-refractivity contribution is 6.34. The van der Waals surface area contributed by atoms with E-state index >= 15 is 0 Å². The summed E-state index contributed by atoms with van der Waals surface area (Å²) in [5.41, 5.74) is 4.00. The topological polar surface area (TPSA) is 89.1 Å². The van der Waals surface area contributed by atoms with Gasteiger partial charge in [-0.3, -0.25) is 13.9 Å². The van der Waals surface area contributed by atoms with E-state index in [-0.39, 0.29) is 11.9 Å². The van der Waals surface area contributed by atoms with Crippen LogP contribution in [-0.4, -0.2) is 36.1 Å². The fraction of sp³-hybridized carbons (Fsp3) is 0.238. The Labute approximate surface area is 177 Å². The van der Waals surface area contributed by atoms with E-state index in [1.165, 1.54) is 0 Å². The molecule has 0 saturated heterocycles. The van der Waals surface area contributed by atoms with Gasteiger partial charge in [0.05, 0.1) is 28.7 Å². The van der Waals surface area contributed by atoms with Gasteiger partial charge in [-0.25, -0.2) is 9.97 Å². The fourth-order valence-corrected chi connectivity index (χ4v) is 3.62. The number of hydrogen-bond donors (Lipinski definition) is 2. The molecule has 9 heteroatoms. The van der Waals surface area contributed by atoms with Crippen LogP contribution in [-0.2, 0) is 13.6 Å². The summed E-state index contributed by atoms with van der Waals surface area (Å²) in [5.74, 6) is 0.553. The van der Waals surface area contributed by atoms with Crippen LogP contribution in [0.4, 0.5) is 5.82 Å². The Morgan fingerprint density at radius 2 is 2.13 bits per heavy atom. The van der Waals surface area contributed by atoms with Crippen LogP contribution in [0.2, 0.25) is 5.02 Å². The van der Waals surface area contributed by atoms with Crippen LogP contribution in [0.25, 0.3) is 16.9 Å². The number of nitrogens with one attached hydrogen (secondary N) is 2. The molecule has 5 rings (SSSR count). The molecule has 0 spiro atoms. The first-order valence-electron chi connectivity index (χ1n) is 9.73. The number of fused-ring (bicyclic) bond motifs is 1. The number of nitrogens with zero attached hydrogens (tertiary/aromatic N) is 5. The Bertz CT molecular complexity index is 1240. The molecular weight excluding hydrogens is 402 g/mol. The van der Waals surface area contributed by atoms with Gasteiger partial charge in [0.15, 0.2) is 11.5 Å². The molecule has 8 nitrogen and oxygen atoms in total. The number of carbonyl (C=O) groups is 1. The highest BCUT2D eigenvalue weighted by Gasteiger charge is 2.25. The predicted molar refractivity (Wildman–Crippen MR) is 114 cm³/mol. The van der Waals surface area contributed by atoms with Crippen molar-refractivity contribution in [1.82, 2.24) is 29.5 Å². The minimum absolute atomic E-state index is 0.127. The van der Waals surface area contributed by atoms with Crippen molar-refractivity contribution in [3.63, 3.8) is 0 Å². The molecule has 1 fully saturated rings. The number of imidazole rings is 1. The summed E-state index contributed by atoms with van der Waals surface area (Å²) in [6.45, 7) is 0.597. The number of aromatic nitrogens is 5. The normalized spacial score (nSPS) is 13.5. The molecule has 152 valence electrons. The van der Waals surface area contributed by atoms with Crippen molar-refractivity contribution >= 4 is 29.0 Å². The molecule has 30 heavy (non-hydrogen) atoms. The summed E-state index contributed by atoms with van der Waals surface area (Å²) in [4.78, 5) is 21.3. The summed E-state index contributed by atoms with van der Waals surface area (Å²) < 4.78 is 3.71. The van der Waals surface area contributed by atoms with E-state index in [4.69, 9.17) is 11.6 Å². The van der Waals surface area contributed by atoms with Crippen molar-refractivity contribution in [1.29, 1.82) is 0 Å². The van der Waals surface area contributed by atoms with E-state index in [0.717, 1.165) is 29.7 Å². The number of anilines is 1. The summed E-state index contributed by atoms with van der Waals surface area (Å²) in [5, 5.41) is 10.9. The molecule has 1 aliphatic rings. The number of carbonyl (C=O) groups excluding carboxylic acids is 1. The number of hydrogen-bond acceptors (Lipinski definition) is 5. The Balaban J connectivity index is 1.42. The summed E-state index contributed by atoms with van der Waals surface area (Å²) in [7, 11) is 1.88. The van der Waals surface area contributed by atoms with Crippen LogP contribution in [0, 0.1) is 0 Å².